The minimum atomic E-state index is -3.27. The normalized spacial score (nSPS) is 11.5. The number of hydrazine groups is 1. The number of thiazole rings is 1. The second-order valence-electron chi connectivity index (χ2n) is 8.23. The highest BCUT2D eigenvalue weighted by Crippen LogP contribution is 2.26. The van der Waals surface area contributed by atoms with Crippen molar-refractivity contribution in [3.05, 3.63) is 52.7 Å². The summed E-state index contributed by atoms with van der Waals surface area (Å²) >= 11 is 1.18. The maximum absolute atomic E-state index is 12.1. The Morgan fingerprint density at radius 2 is 1.86 bits per heavy atom. The molecule has 0 atom stereocenters. The average molecular weight is 534 g/mol. The molecule has 13 heteroatoms. The molecule has 11 nitrogen and oxygen atoms in total. The topological polar surface area (TPSA) is 130 Å². The molecule has 3 aromatic rings. The molecule has 194 valence electrons. The number of esters is 1. The molecule has 0 amide bonds. The molecule has 1 aromatic carbocycles. The summed E-state index contributed by atoms with van der Waals surface area (Å²) < 4.78 is 28.7. The first kappa shape index (κ1) is 27.5. The van der Waals surface area contributed by atoms with E-state index in [4.69, 9.17) is 4.74 Å². The fourth-order valence-electron chi connectivity index (χ4n) is 3.14. The molecule has 3 rings (SSSR count). The van der Waals surface area contributed by atoms with E-state index < -0.39 is 15.8 Å². The third kappa shape index (κ3) is 7.68. The first-order valence-corrected chi connectivity index (χ1v) is 14.0. The molecular weight excluding hydrogens is 502 g/mol. The Kier molecular flexibility index (Phi) is 9.31. The lowest BCUT2D eigenvalue weighted by Crippen LogP contribution is -2.41. The highest BCUT2D eigenvalue weighted by molar-refractivity contribution is 7.90. The van der Waals surface area contributed by atoms with Gasteiger partial charge in [-0.2, -0.15) is 4.98 Å². The molecular formula is C23H31N7O4S2. The molecule has 0 saturated heterocycles. The van der Waals surface area contributed by atoms with Gasteiger partial charge in [-0.15, -0.1) is 0 Å². The predicted molar refractivity (Wildman–Crippen MR) is 140 cm³/mol. The number of nitrogens with one attached hydrogen (secondary N) is 2. The Balaban J connectivity index is 1.81. The van der Waals surface area contributed by atoms with Crippen LogP contribution in [0.5, 0.6) is 0 Å². The van der Waals surface area contributed by atoms with Crippen LogP contribution in [0.4, 0.5) is 16.9 Å². The third-order valence-electron chi connectivity index (χ3n) is 4.95. The van der Waals surface area contributed by atoms with Gasteiger partial charge in [0.15, 0.2) is 15.0 Å². The molecule has 2 heterocycles. The second-order valence-corrected chi connectivity index (χ2v) is 11.2. The number of carbonyl (C=O) groups is 1. The molecule has 2 N–H and O–H groups in total. The van der Waals surface area contributed by atoms with Crippen LogP contribution >= 0.6 is 11.3 Å². The first-order valence-electron chi connectivity index (χ1n) is 11.3. The third-order valence-corrected chi connectivity index (χ3v) is 7.13. The van der Waals surface area contributed by atoms with Crippen LogP contribution in [0.1, 0.15) is 27.9 Å². The largest absolute Gasteiger partial charge is 0.462 e. The van der Waals surface area contributed by atoms with Gasteiger partial charge in [0.05, 0.1) is 23.7 Å². The molecule has 0 saturated carbocycles. The summed E-state index contributed by atoms with van der Waals surface area (Å²) in [5.74, 6) is 0.522. The van der Waals surface area contributed by atoms with Gasteiger partial charge in [0.2, 0.25) is 5.95 Å². The van der Waals surface area contributed by atoms with Gasteiger partial charge in [-0.05, 0) is 45.6 Å². The Morgan fingerprint density at radius 3 is 2.50 bits per heavy atom. The number of carbonyl (C=O) groups excluding carboxylic acids is 1. The highest BCUT2D eigenvalue weighted by atomic mass is 32.2. The van der Waals surface area contributed by atoms with E-state index in [2.05, 4.69) is 30.6 Å². The molecule has 0 aliphatic carbocycles. The number of ether oxygens (including phenoxy) is 1. The summed E-state index contributed by atoms with van der Waals surface area (Å²) in [6.45, 7) is 5.70. The van der Waals surface area contributed by atoms with Gasteiger partial charge in [-0.25, -0.2) is 28.6 Å². The van der Waals surface area contributed by atoms with E-state index in [1.54, 1.807) is 50.4 Å². The van der Waals surface area contributed by atoms with Crippen molar-refractivity contribution in [2.45, 2.75) is 25.3 Å². The van der Waals surface area contributed by atoms with Crippen molar-refractivity contribution in [3.63, 3.8) is 0 Å². The summed E-state index contributed by atoms with van der Waals surface area (Å²) in [5.41, 5.74) is 4.85. The van der Waals surface area contributed by atoms with E-state index in [0.717, 1.165) is 12.1 Å². The maximum Gasteiger partial charge on any atom is 0.350 e. The Morgan fingerprint density at radius 1 is 1.14 bits per heavy atom. The minimum absolute atomic E-state index is 0.271. The second kappa shape index (κ2) is 12.2. The molecule has 0 aliphatic rings. The SMILES string of the molecule is CCOC(=O)c1sc(Nc2nccc(N(Cc3ccc(S(C)(=O)=O)cc3)NCCN(C)C)n2)nc1C. The van der Waals surface area contributed by atoms with Crippen LogP contribution < -0.4 is 15.8 Å². The number of anilines is 3. The maximum atomic E-state index is 12.1. The van der Waals surface area contributed by atoms with Gasteiger partial charge >= 0.3 is 5.97 Å². The quantitative estimate of drug-likeness (QED) is 0.263. The van der Waals surface area contributed by atoms with Crippen molar-refractivity contribution in [2.24, 2.45) is 0 Å². The molecule has 0 radical (unpaired) electrons. The van der Waals surface area contributed by atoms with Crippen molar-refractivity contribution < 1.29 is 17.9 Å². The Labute approximate surface area is 215 Å². The van der Waals surface area contributed by atoms with Gasteiger partial charge in [0.1, 0.15) is 10.7 Å². The highest BCUT2D eigenvalue weighted by Gasteiger charge is 2.18. The number of hydrogen-bond acceptors (Lipinski definition) is 12. The van der Waals surface area contributed by atoms with Crippen LogP contribution in [0.3, 0.4) is 0 Å². The number of hydrogen-bond donors (Lipinski definition) is 2. The van der Waals surface area contributed by atoms with Crippen LogP contribution in [0.25, 0.3) is 0 Å². The number of nitrogens with zero attached hydrogens (tertiary/aromatic N) is 5. The number of aromatic nitrogens is 3. The number of benzene rings is 1. The van der Waals surface area contributed by atoms with E-state index in [1.165, 1.54) is 17.6 Å². The molecule has 0 spiro atoms. The van der Waals surface area contributed by atoms with Crippen LogP contribution in [0.2, 0.25) is 0 Å². The molecule has 0 fully saturated rings. The molecule has 0 unspecified atom stereocenters. The standard InChI is InChI=1S/C23H31N7O4S2/c1-6-34-21(31)20-16(2)26-23(35-20)28-22-24-12-11-19(27-22)30(25-13-14-29(3)4)15-17-7-9-18(10-8-17)36(5,32)33/h7-12,25H,6,13-15H2,1-5H3,(H,24,26,27,28). The monoisotopic (exact) mass is 533 g/mol. The molecule has 2 aromatic heterocycles. The molecule has 0 aliphatic heterocycles. The van der Waals surface area contributed by atoms with Crippen molar-refractivity contribution in [3.8, 4) is 0 Å². The van der Waals surface area contributed by atoms with E-state index in [1.807, 2.05) is 19.1 Å². The number of likely N-dealkylation sites (N-methyl/N-ethyl adjacent to an activating group) is 1. The van der Waals surface area contributed by atoms with E-state index >= 15 is 0 Å². The van der Waals surface area contributed by atoms with Crippen molar-refractivity contribution in [1.29, 1.82) is 0 Å². The van der Waals surface area contributed by atoms with E-state index in [0.29, 0.717) is 40.6 Å². The lowest BCUT2D eigenvalue weighted by atomic mass is 10.2. The van der Waals surface area contributed by atoms with Gasteiger partial charge in [0.25, 0.3) is 0 Å². The summed E-state index contributed by atoms with van der Waals surface area (Å²) in [6.07, 6.45) is 2.82. The van der Waals surface area contributed by atoms with Gasteiger partial charge in [-0.1, -0.05) is 23.5 Å². The smallest absolute Gasteiger partial charge is 0.350 e. The zero-order valence-electron chi connectivity index (χ0n) is 21.0. The minimum Gasteiger partial charge on any atom is -0.462 e. The lowest BCUT2D eigenvalue weighted by Gasteiger charge is -2.26. The Hall–Kier alpha value is -3.13. The zero-order chi connectivity index (χ0) is 26.3. The summed E-state index contributed by atoms with van der Waals surface area (Å²) in [7, 11) is 0.712. The number of sulfone groups is 1. The summed E-state index contributed by atoms with van der Waals surface area (Å²) in [5, 5.41) is 5.43. The fraction of sp³-hybridized carbons (Fsp3) is 0.391. The van der Waals surface area contributed by atoms with Crippen molar-refractivity contribution in [1.82, 2.24) is 25.3 Å². The predicted octanol–water partition coefficient (Wildman–Crippen LogP) is 2.64. The van der Waals surface area contributed by atoms with Crippen LogP contribution in [-0.2, 0) is 21.1 Å². The number of rotatable bonds is 12. The van der Waals surface area contributed by atoms with E-state index in [9.17, 15) is 13.2 Å². The summed E-state index contributed by atoms with van der Waals surface area (Å²) in [4.78, 5) is 28.2. The zero-order valence-corrected chi connectivity index (χ0v) is 22.6. The van der Waals surface area contributed by atoms with Crippen molar-refractivity contribution >= 4 is 44.0 Å². The average Bonchev–Trinajstić information content (AvgIpc) is 3.18. The summed E-state index contributed by atoms with van der Waals surface area (Å²) in [6, 6.07) is 8.54. The number of aryl methyl sites for hydroxylation is 1. The van der Waals surface area contributed by atoms with Crippen LogP contribution in [0, 0.1) is 6.92 Å². The lowest BCUT2D eigenvalue weighted by molar-refractivity contribution is 0.0531. The Bertz CT molecular complexity index is 1280. The molecule has 36 heavy (non-hydrogen) atoms. The van der Waals surface area contributed by atoms with Gasteiger partial charge in [-0.3, -0.25) is 10.3 Å². The van der Waals surface area contributed by atoms with Crippen LogP contribution in [0.15, 0.2) is 41.4 Å². The van der Waals surface area contributed by atoms with Crippen LogP contribution in [-0.4, -0.2) is 74.3 Å². The van der Waals surface area contributed by atoms with E-state index in [-0.39, 0.29) is 11.5 Å². The molecule has 0 bridgehead atoms. The first-order chi connectivity index (χ1) is 17.1. The van der Waals surface area contributed by atoms with Gasteiger partial charge < -0.3 is 9.64 Å². The van der Waals surface area contributed by atoms with Gasteiger partial charge in [0, 0.05) is 31.6 Å². The van der Waals surface area contributed by atoms with Crippen molar-refractivity contribution in [2.75, 3.05) is 50.4 Å². The fourth-order valence-corrected chi connectivity index (χ4v) is 4.63.